The molecule has 0 radical (unpaired) electrons. The lowest BCUT2D eigenvalue weighted by Gasteiger charge is -2.30. The Bertz CT molecular complexity index is 4090. The molecule has 0 amide bonds. The van der Waals surface area contributed by atoms with Gasteiger partial charge >= 0.3 is 0 Å². The number of anilines is 3. The Hall–Kier alpha value is -8.14. The fourth-order valence-electron chi connectivity index (χ4n) is 11.3. The molecule has 0 saturated carbocycles. The molecule has 3 heteroatoms. The summed E-state index contributed by atoms with van der Waals surface area (Å²) in [6, 6.07) is 73.1. The van der Waals surface area contributed by atoms with E-state index in [9.17, 15) is 0 Å². The van der Waals surface area contributed by atoms with Crippen molar-refractivity contribution in [1.29, 1.82) is 0 Å². The molecule has 300 valence electrons. The van der Waals surface area contributed by atoms with Gasteiger partial charge < -0.3 is 13.7 Å². The van der Waals surface area contributed by atoms with E-state index in [1.165, 1.54) is 60.0 Å². The van der Waals surface area contributed by atoms with Gasteiger partial charge in [0.1, 0.15) is 16.7 Å². The first kappa shape index (κ1) is 35.5. The highest BCUT2D eigenvalue weighted by Crippen LogP contribution is 2.54. The van der Waals surface area contributed by atoms with Gasteiger partial charge in [0.15, 0.2) is 5.58 Å². The molecule has 2 heterocycles. The Balaban J connectivity index is 1.14. The maximum atomic E-state index is 7.32. The van der Waals surface area contributed by atoms with Crippen LogP contribution >= 0.6 is 0 Å². The van der Waals surface area contributed by atoms with Gasteiger partial charge in [-0.3, -0.25) is 0 Å². The summed E-state index contributed by atoms with van der Waals surface area (Å²) in [6.45, 7) is 4.72. The van der Waals surface area contributed by atoms with Crippen molar-refractivity contribution in [3.63, 3.8) is 0 Å². The first-order valence-corrected chi connectivity index (χ1v) is 22.2. The van der Waals surface area contributed by atoms with Crippen molar-refractivity contribution in [2.24, 2.45) is 0 Å². The largest absolute Gasteiger partial charge is 0.456 e. The average Bonchev–Trinajstić information content (AvgIpc) is 3.99. The van der Waals surface area contributed by atoms with Gasteiger partial charge in [-0.1, -0.05) is 166 Å². The number of furan rings is 2. The summed E-state index contributed by atoms with van der Waals surface area (Å²) in [5, 5.41) is 14.1. The van der Waals surface area contributed by atoms with Crippen LogP contribution in [-0.4, -0.2) is 0 Å². The molecular formula is C61H39NO2. The normalized spacial score (nSPS) is 13.3. The van der Waals surface area contributed by atoms with E-state index in [1.54, 1.807) is 0 Å². The Kier molecular flexibility index (Phi) is 7.17. The van der Waals surface area contributed by atoms with Crippen molar-refractivity contribution in [2.75, 3.05) is 4.90 Å². The summed E-state index contributed by atoms with van der Waals surface area (Å²) in [5.74, 6) is 0. The van der Waals surface area contributed by atoms with Crippen LogP contribution in [0.5, 0.6) is 0 Å². The van der Waals surface area contributed by atoms with Gasteiger partial charge in [-0.05, 0) is 114 Å². The van der Waals surface area contributed by atoms with Gasteiger partial charge in [0.25, 0.3) is 0 Å². The summed E-state index contributed by atoms with van der Waals surface area (Å²) in [6.07, 6.45) is 0. The number of rotatable bonds is 4. The smallest absolute Gasteiger partial charge is 0.160 e. The molecule has 64 heavy (non-hydrogen) atoms. The Morgan fingerprint density at radius 1 is 0.375 bits per heavy atom. The van der Waals surface area contributed by atoms with E-state index in [2.05, 4.69) is 213 Å². The predicted octanol–water partition coefficient (Wildman–Crippen LogP) is 17.5. The number of hydrogen-bond acceptors (Lipinski definition) is 3. The van der Waals surface area contributed by atoms with E-state index in [0.29, 0.717) is 0 Å². The second-order valence-electron chi connectivity index (χ2n) is 17.9. The van der Waals surface area contributed by atoms with Crippen molar-refractivity contribution in [2.45, 2.75) is 19.3 Å². The molecule has 0 atom stereocenters. The van der Waals surface area contributed by atoms with E-state index in [0.717, 1.165) is 77.5 Å². The molecular weight excluding hydrogens is 779 g/mol. The molecule has 2 aromatic heterocycles. The van der Waals surface area contributed by atoms with E-state index in [4.69, 9.17) is 8.83 Å². The second-order valence-corrected chi connectivity index (χ2v) is 17.9. The third-order valence-corrected chi connectivity index (χ3v) is 14.2. The van der Waals surface area contributed by atoms with E-state index in [-0.39, 0.29) is 5.41 Å². The SMILES string of the molecule is CC1(C)c2ccccc2-c2ccc(N(c3cccc4ccccc34)c3c(-c4ccc5c6ccccc6c6ccccc6c5c4)ccc4c3oc3ccc5oc6ccccc6c5c34)cc21. The van der Waals surface area contributed by atoms with Crippen molar-refractivity contribution in [1.82, 2.24) is 0 Å². The predicted molar refractivity (Wildman–Crippen MR) is 269 cm³/mol. The molecule has 1 aliphatic carbocycles. The van der Waals surface area contributed by atoms with Crippen molar-refractivity contribution >= 4 is 104 Å². The van der Waals surface area contributed by atoms with Gasteiger partial charge in [-0.2, -0.15) is 0 Å². The van der Waals surface area contributed by atoms with Gasteiger partial charge in [0.2, 0.25) is 0 Å². The summed E-state index contributed by atoms with van der Waals surface area (Å²) in [7, 11) is 0. The zero-order valence-corrected chi connectivity index (χ0v) is 35.3. The molecule has 0 bridgehead atoms. The molecule has 0 fully saturated rings. The molecule has 3 nitrogen and oxygen atoms in total. The molecule has 0 spiro atoms. The lowest BCUT2D eigenvalue weighted by Crippen LogP contribution is -2.17. The van der Waals surface area contributed by atoms with Crippen LogP contribution in [0.2, 0.25) is 0 Å². The minimum absolute atomic E-state index is 0.198. The minimum Gasteiger partial charge on any atom is -0.456 e. The molecule has 0 aliphatic heterocycles. The molecule has 0 N–H and O–H groups in total. The van der Waals surface area contributed by atoms with Crippen LogP contribution in [0.4, 0.5) is 17.1 Å². The van der Waals surface area contributed by atoms with E-state index >= 15 is 0 Å². The molecule has 14 rings (SSSR count). The molecule has 1 aliphatic rings. The summed E-state index contributed by atoms with van der Waals surface area (Å²) in [5.41, 5.74) is 13.8. The lowest BCUT2D eigenvalue weighted by atomic mass is 9.82. The number of nitrogens with zero attached hydrogens (tertiary/aromatic N) is 1. The monoisotopic (exact) mass is 817 g/mol. The highest BCUT2D eigenvalue weighted by Gasteiger charge is 2.36. The number of benzene rings is 11. The topological polar surface area (TPSA) is 29.5 Å². The van der Waals surface area contributed by atoms with Gasteiger partial charge in [0, 0.05) is 43.6 Å². The zero-order chi connectivity index (χ0) is 42.3. The molecule has 0 unspecified atom stereocenters. The Labute approximate surface area is 369 Å². The average molecular weight is 818 g/mol. The van der Waals surface area contributed by atoms with Crippen LogP contribution in [0.3, 0.4) is 0 Å². The van der Waals surface area contributed by atoms with Crippen molar-refractivity contribution in [3.8, 4) is 22.3 Å². The Morgan fingerprint density at radius 3 is 1.75 bits per heavy atom. The first-order valence-electron chi connectivity index (χ1n) is 22.2. The van der Waals surface area contributed by atoms with Crippen molar-refractivity contribution < 1.29 is 8.83 Å². The van der Waals surface area contributed by atoms with Crippen molar-refractivity contribution in [3.05, 3.63) is 211 Å². The zero-order valence-electron chi connectivity index (χ0n) is 35.3. The highest BCUT2D eigenvalue weighted by molar-refractivity contribution is 6.29. The third kappa shape index (κ3) is 4.81. The highest BCUT2D eigenvalue weighted by atomic mass is 16.3. The van der Waals surface area contributed by atoms with E-state index < -0.39 is 0 Å². The maximum Gasteiger partial charge on any atom is 0.160 e. The molecule has 13 aromatic rings. The second kappa shape index (κ2) is 12.9. The van der Waals surface area contributed by atoms with Gasteiger partial charge in [-0.25, -0.2) is 0 Å². The first-order chi connectivity index (χ1) is 31.5. The van der Waals surface area contributed by atoms with Gasteiger partial charge in [0.05, 0.1) is 11.4 Å². The Morgan fingerprint density at radius 2 is 0.953 bits per heavy atom. The van der Waals surface area contributed by atoms with Crippen LogP contribution in [0.25, 0.3) is 109 Å². The van der Waals surface area contributed by atoms with Crippen LogP contribution < -0.4 is 4.90 Å². The maximum absolute atomic E-state index is 7.32. The lowest BCUT2D eigenvalue weighted by molar-refractivity contribution is 0.660. The number of hydrogen-bond donors (Lipinski definition) is 0. The van der Waals surface area contributed by atoms with Gasteiger partial charge in [-0.15, -0.1) is 0 Å². The summed E-state index contributed by atoms with van der Waals surface area (Å²) < 4.78 is 13.8. The standard InChI is InChI=1S/C61H39NO2/c1-61(2)51-23-11-9-21-46(51)47-29-27-38(35-52(47)61)62(53-24-13-15-36-14-3-4-16-39(36)53)59-40(37-26-28-45-43-19-6-5-17-41(43)42-18-7-8-20-44(42)50(45)34-37)30-31-49-58-56(64-60(49)59)33-32-55-57(58)48-22-10-12-25-54(48)63-55/h3-35H,1-2H3. The van der Waals surface area contributed by atoms with E-state index in [1.807, 2.05) is 6.07 Å². The quantitative estimate of drug-likeness (QED) is 0.166. The molecule has 0 saturated heterocycles. The van der Waals surface area contributed by atoms with Crippen LogP contribution in [-0.2, 0) is 5.41 Å². The molecule has 11 aromatic carbocycles. The summed E-state index contributed by atoms with van der Waals surface area (Å²) >= 11 is 0. The number of fused-ring (bicyclic) bond motifs is 17. The third-order valence-electron chi connectivity index (χ3n) is 14.2. The van der Waals surface area contributed by atoms with Crippen LogP contribution in [0.15, 0.2) is 209 Å². The minimum atomic E-state index is -0.198. The number of para-hydroxylation sites is 1. The fourth-order valence-corrected chi connectivity index (χ4v) is 11.3. The van der Waals surface area contributed by atoms with Crippen LogP contribution in [0.1, 0.15) is 25.0 Å². The fraction of sp³-hybridized carbons (Fsp3) is 0.0492. The van der Waals surface area contributed by atoms with Crippen LogP contribution in [0, 0.1) is 0 Å². The summed E-state index contributed by atoms with van der Waals surface area (Å²) in [4.78, 5) is 2.48.